The monoisotopic (exact) mass is 435 g/mol. The van der Waals surface area contributed by atoms with Crippen LogP contribution < -0.4 is 9.47 Å². The smallest absolute Gasteiger partial charge is 0.272 e. The zero-order valence-corrected chi connectivity index (χ0v) is 19.2. The van der Waals surface area contributed by atoms with Crippen LogP contribution in [0.1, 0.15) is 29.9 Å². The van der Waals surface area contributed by atoms with Crippen LogP contribution in [-0.2, 0) is 4.74 Å². The standard InChI is InChI=1S/C25H29N3O4/c1-16-7-6-8-19(11-16)28-23(25(29)27-14-17(2)32-18(3)15-27)13-22(26-28)21-10-9-20(30-4)12-24(21)31-5/h6-13,17-18H,14-15H2,1-5H3. The fourth-order valence-electron chi connectivity index (χ4n) is 4.14. The summed E-state index contributed by atoms with van der Waals surface area (Å²) >= 11 is 0. The molecular weight excluding hydrogens is 406 g/mol. The number of morpholine rings is 1. The third kappa shape index (κ3) is 4.34. The molecule has 0 bridgehead atoms. The van der Waals surface area contributed by atoms with Crippen molar-refractivity contribution in [2.45, 2.75) is 33.0 Å². The van der Waals surface area contributed by atoms with Gasteiger partial charge in [-0.05, 0) is 56.7 Å². The van der Waals surface area contributed by atoms with Crippen molar-refractivity contribution in [3.05, 3.63) is 59.8 Å². The maximum absolute atomic E-state index is 13.6. The quantitative estimate of drug-likeness (QED) is 0.603. The van der Waals surface area contributed by atoms with Crippen LogP contribution in [0.25, 0.3) is 16.9 Å². The van der Waals surface area contributed by atoms with Crippen molar-refractivity contribution in [1.82, 2.24) is 14.7 Å². The van der Waals surface area contributed by atoms with Crippen LogP contribution in [0.2, 0.25) is 0 Å². The number of aromatic nitrogens is 2. The van der Waals surface area contributed by atoms with Gasteiger partial charge in [0.05, 0.1) is 37.8 Å². The molecule has 0 N–H and O–H groups in total. The fourth-order valence-corrected chi connectivity index (χ4v) is 4.14. The lowest BCUT2D eigenvalue weighted by Crippen LogP contribution is -2.48. The Hall–Kier alpha value is -3.32. The number of benzene rings is 2. The van der Waals surface area contributed by atoms with Gasteiger partial charge in [0.2, 0.25) is 0 Å². The van der Waals surface area contributed by atoms with E-state index in [1.807, 2.05) is 74.2 Å². The van der Waals surface area contributed by atoms with Crippen LogP contribution in [0.3, 0.4) is 0 Å². The Labute approximate surface area is 188 Å². The molecule has 1 amide bonds. The van der Waals surface area contributed by atoms with Gasteiger partial charge in [-0.25, -0.2) is 4.68 Å². The lowest BCUT2D eigenvalue weighted by Gasteiger charge is -2.35. The highest BCUT2D eigenvalue weighted by molar-refractivity contribution is 5.94. The molecule has 0 saturated carbocycles. The molecule has 0 spiro atoms. The average Bonchev–Trinajstić information content (AvgIpc) is 3.22. The first-order valence-corrected chi connectivity index (χ1v) is 10.7. The maximum atomic E-state index is 13.6. The van der Waals surface area contributed by atoms with Crippen molar-refractivity contribution in [3.63, 3.8) is 0 Å². The number of carbonyl (C=O) groups is 1. The minimum absolute atomic E-state index is 0.0146. The molecule has 7 heteroatoms. The van der Waals surface area contributed by atoms with Crippen molar-refractivity contribution in [2.75, 3.05) is 27.3 Å². The lowest BCUT2D eigenvalue weighted by atomic mass is 10.1. The number of aryl methyl sites for hydroxylation is 1. The summed E-state index contributed by atoms with van der Waals surface area (Å²) in [5, 5.41) is 4.83. The molecular formula is C25H29N3O4. The van der Waals surface area contributed by atoms with E-state index in [-0.39, 0.29) is 18.1 Å². The highest BCUT2D eigenvalue weighted by Crippen LogP contribution is 2.34. The number of methoxy groups -OCH3 is 2. The fraction of sp³-hybridized carbons (Fsp3) is 0.360. The zero-order chi connectivity index (χ0) is 22.8. The number of amides is 1. The van der Waals surface area contributed by atoms with Crippen LogP contribution >= 0.6 is 0 Å². The molecule has 1 saturated heterocycles. The van der Waals surface area contributed by atoms with E-state index in [1.54, 1.807) is 18.9 Å². The predicted octanol–water partition coefficient (Wildman–Crippen LogP) is 4.11. The molecule has 2 heterocycles. The predicted molar refractivity (Wildman–Crippen MR) is 123 cm³/mol. The Morgan fingerprint density at radius 2 is 1.78 bits per heavy atom. The number of hydrogen-bond donors (Lipinski definition) is 0. The molecule has 1 aliphatic rings. The van der Waals surface area contributed by atoms with E-state index in [1.165, 1.54) is 0 Å². The van der Waals surface area contributed by atoms with E-state index in [4.69, 9.17) is 19.3 Å². The molecule has 0 radical (unpaired) electrons. The molecule has 1 fully saturated rings. The first kappa shape index (κ1) is 21.9. The molecule has 2 unspecified atom stereocenters. The summed E-state index contributed by atoms with van der Waals surface area (Å²) in [4.78, 5) is 15.5. The molecule has 2 aromatic carbocycles. The van der Waals surface area contributed by atoms with Crippen LogP contribution in [0.4, 0.5) is 0 Å². The lowest BCUT2D eigenvalue weighted by molar-refractivity contribution is -0.0588. The highest BCUT2D eigenvalue weighted by atomic mass is 16.5. The van der Waals surface area contributed by atoms with E-state index in [0.29, 0.717) is 36.0 Å². The zero-order valence-electron chi connectivity index (χ0n) is 19.2. The Morgan fingerprint density at radius 3 is 2.44 bits per heavy atom. The molecule has 7 nitrogen and oxygen atoms in total. The van der Waals surface area contributed by atoms with Gasteiger partial charge in [-0.15, -0.1) is 0 Å². The third-order valence-electron chi connectivity index (χ3n) is 5.57. The van der Waals surface area contributed by atoms with Gasteiger partial charge < -0.3 is 19.1 Å². The summed E-state index contributed by atoms with van der Waals surface area (Å²) in [7, 11) is 3.22. The van der Waals surface area contributed by atoms with Gasteiger partial charge in [-0.1, -0.05) is 12.1 Å². The molecule has 1 aliphatic heterocycles. The Kier molecular flexibility index (Phi) is 6.19. The summed E-state index contributed by atoms with van der Waals surface area (Å²) in [6, 6.07) is 15.4. The first-order valence-electron chi connectivity index (χ1n) is 10.7. The van der Waals surface area contributed by atoms with Crippen molar-refractivity contribution in [1.29, 1.82) is 0 Å². The second kappa shape index (κ2) is 9.04. The molecule has 1 aromatic heterocycles. The summed E-state index contributed by atoms with van der Waals surface area (Å²) in [6.07, 6.45) is -0.0293. The molecule has 4 rings (SSSR count). The Bertz CT molecular complexity index is 1110. The van der Waals surface area contributed by atoms with E-state index in [0.717, 1.165) is 16.8 Å². The number of carbonyl (C=O) groups excluding carboxylic acids is 1. The minimum atomic E-state index is -0.0697. The minimum Gasteiger partial charge on any atom is -0.497 e. The van der Waals surface area contributed by atoms with Crippen LogP contribution in [0, 0.1) is 6.92 Å². The normalized spacial score (nSPS) is 18.5. The van der Waals surface area contributed by atoms with Crippen molar-refractivity contribution in [3.8, 4) is 28.4 Å². The van der Waals surface area contributed by atoms with Gasteiger partial charge >= 0.3 is 0 Å². The van der Waals surface area contributed by atoms with Crippen LogP contribution in [0.5, 0.6) is 11.5 Å². The number of hydrogen-bond acceptors (Lipinski definition) is 5. The third-order valence-corrected chi connectivity index (χ3v) is 5.57. The molecule has 168 valence electrons. The molecule has 3 aromatic rings. The Morgan fingerprint density at radius 1 is 1.03 bits per heavy atom. The number of nitrogens with zero attached hydrogens (tertiary/aromatic N) is 3. The van der Waals surface area contributed by atoms with Crippen LogP contribution in [0.15, 0.2) is 48.5 Å². The maximum Gasteiger partial charge on any atom is 0.272 e. The van der Waals surface area contributed by atoms with Crippen molar-refractivity contribution in [2.24, 2.45) is 0 Å². The number of ether oxygens (including phenoxy) is 3. The Balaban J connectivity index is 1.82. The number of rotatable bonds is 5. The van der Waals surface area contributed by atoms with Crippen molar-refractivity contribution >= 4 is 5.91 Å². The first-order chi connectivity index (χ1) is 15.4. The molecule has 32 heavy (non-hydrogen) atoms. The summed E-state index contributed by atoms with van der Waals surface area (Å²) in [5.41, 5.74) is 3.88. The van der Waals surface area contributed by atoms with Crippen LogP contribution in [-0.4, -0.2) is 60.1 Å². The molecule has 0 aliphatic carbocycles. The van der Waals surface area contributed by atoms with Gasteiger partial charge in [0.25, 0.3) is 5.91 Å². The van der Waals surface area contributed by atoms with E-state index < -0.39 is 0 Å². The van der Waals surface area contributed by atoms with Gasteiger partial charge in [-0.2, -0.15) is 5.10 Å². The SMILES string of the molecule is COc1ccc(-c2cc(C(=O)N3CC(C)OC(C)C3)n(-c3cccc(C)c3)n2)c(OC)c1. The summed E-state index contributed by atoms with van der Waals surface area (Å²) in [6.45, 7) is 7.09. The van der Waals surface area contributed by atoms with Gasteiger partial charge in [0, 0.05) is 24.7 Å². The topological polar surface area (TPSA) is 65.8 Å². The summed E-state index contributed by atoms with van der Waals surface area (Å²) < 4.78 is 18.4. The second-order valence-electron chi connectivity index (χ2n) is 8.20. The average molecular weight is 436 g/mol. The largest absolute Gasteiger partial charge is 0.497 e. The van der Waals surface area contributed by atoms with Gasteiger partial charge in [0.1, 0.15) is 17.2 Å². The van der Waals surface area contributed by atoms with Gasteiger partial charge in [0.15, 0.2) is 0 Å². The summed E-state index contributed by atoms with van der Waals surface area (Å²) in [5.74, 6) is 1.25. The molecule has 2 atom stereocenters. The van der Waals surface area contributed by atoms with Crippen molar-refractivity contribution < 1.29 is 19.0 Å². The highest BCUT2D eigenvalue weighted by Gasteiger charge is 2.30. The van der Waals surface area contributed by atoms with E-state index in [2.05, 4.69) is 0 Å². The van der Waals surface area contributed by atoms with E-state index >= 15 is 0 Å². The van der Waals surface area contributed by atoms with Gasteiger partial charge in [-0.3, -0.25) is 4.79 Å². The second-order valence-corrected chi connectivity index (χ2v) is 8.20. The van der Waals surface area contributed by atoms with E-state index in [9.17, 15) is 4.79 Å².